The maximum Gasteiger partial charge on any atom is 0.330 e. The van der Waals surface area contributed by atoms with Gasteiger partial charge in [0.15, 0.2) is 11.6 Å². The molecule has 3 aromatic heterocycles. The topological polar surface area (TPSA) is 92.9 Å². The van der Waals surface area contributed by atoms with Crippen LogP contribution in [0.1, 0.15) is 53.6 Å². The van der Waals surface area contributed by atoms with Crippen LogP contribution in [0.2, 0.25) is 0 Å². The highest BCUT2D eigenvalue weighted by Gasteiger charge is 2.31. The Balaban J connectivity index is 1.35. The molecule has 2 N–H and O–H groups in total. The Hall–Kier alpha value is -5.05. The molecular formula is C38H31BrF2N4O3S. The Morgan fingerprint density at radius 3 is 2.80 bits per heavy atom. The van der Waals surface area contributed by atoms with Crippen molar-refractivity contribution >= 4 is 50.2 Å². The molecule has 1 atom stereocenters. The molecule has 0 fully saturated rings. The van der Waals surface area contributed by atoms with Crippen molar-refractivity contribution in [3.05, 3.63) is 122 Å². The second-order valence-corrected chi connectivity index (χ2v) is 13.4. The summed E-state index contributed by atoms with van der Waals surface area (Å²) in [4.78, 5) is 27.2. The molecule has 0 amide bonds. The van der Waals surface area contributed by atoms with E-state index in [9.17, 15) is 4.79 Å². The van der Waals surface area contributed by atoms with Crippen molar-refractivity contribution in [1.82, 2.24) is 19.9 Å². The number of rotatable bonds is 12. The molecule has 3 aromatic carbocycles. The van der Waals surface area contributed by atoms with Crippen LogP contribution in [0.15, 0.2) is 83.1 Å². The van der Waals surface area contributed by atoms with E-state index >= 15 is 8.78 Å². The van der Waals surface area contributed by atoms with Gasteiger partial charge in [0.2, 0.25) is 0 Å². The third kappa shape index (κ3) is 7.36. The minimum absolute atomic E-state index is 0.0401. The van der Waals surface area contributed by atoms with Crippen molar-refractivity contribution in [2.75, 3.05) is 7.11 Å². The van der Waals surface area contributed by atoms with Crippen LogP contribution in [0.3, 0.4) is 0 Å². The van der Waals surface area contributed by atoms with Crippen LogP contribution >= 0.6 is 27.3 Å². The monoisotopic (exact) mass is 740 g/mol. The molecule has 0 radical (unpaired) electrons. The highest BCUT2D eigenvalue weighted by Crippen LogP contribution is 2.40. The molecular weight excluding hydrogens is 710 g/mol. The number of carbonyl (C=O) groups is 1. The molecule has 0 aliphatic rings. The molecule has 11 heteroatoms. The molecule has 0 spiro atoms. The van der Waals surface area contributed by atoms with E-state index < -0.39 is 23.0 Å². The molecule has 3 heterocycles. The SMILES string of the molecule is C#CCCCC(C)(c1cccc(/C=C/C(=O)OC)c1)c1cnc(-c2cc(Oc3c(F)cc4[nH]ccc4c3Cc3nc(Br)cs3)ccc2F)[nH]1. The molecule has 6 aromatic rings. The van der Waals surface area contributed by atoms with Crippen LogP contribution in [0.4, 0.5) is 8.78 Å². The number of imidazole rings is 1. The van der Waals surface area contributed by atoms with Crippen molar-refractivity contribution < 1.29 is 23.0 Å². The molecule has 0 saturated heterocycles. The summed E-state index contributed by atoms with van der Waals surface area (Å²) in [7, 11) is 1.33. The van der Waals surface area contributed by atoms with Gasteiger partial charge in [0.25, 0.3) is 0 Å². The van der Waals surface area contributed by atoms with Crippen molar-refractivity contribution in [3.63, 3.8) is 0 Å². The number of aromatic nitrogens is 4. The average Bonchev–Trinajstić information content (AvgIpc) is 3.88. The minimum Gasteiger partial charge on any atom is -0.466 e. The first-order valence-corrected chi connectivity index (χ1v) is 17.1. The number of carbonyl (C=O) groups excluding carboxylic acids is 1. The molecule has 49 heavy (non-hydrogen) atoms. The maximum absolute atomic E-state index is 15.6. The van der Waals surface area contributed by atoms with Gasteiger partial charge in [0.1, 0.15) is 22.0 Å². The van der Waals surface area contributed by atoms with E-state index in [0.29, 0.717) is 34.9 Å². The zero-order valence-electron chi connectivity index (χ0n) is 26.6. The van der Waals surface area contributed by atoms with Crippen LogP contribution in [-0.4, -0.2) is 33.0 Å². The van der Waals surface area contributed by atoms with Crippen molar-refractivity contribution in [3.8, 4) is 35.2 Å². The summed E-state index contributed by atoms with van der Waals surface area (Å²) in [6.07, 6.45) is 14.4. The molecule has 0 bridgehead atoms. The summed E-state index contributed by atoms with van der Waals surface area (Å²) in [5.41, 5.74) is 3.35. The van der Waals surface area contributed by atoms with E-state index in [4.69, 9.17) is 15.9 Å². The Morgan fingerprint density at radius 1 is 1.16 bits per heavy atom. The molecule has 0 aliphatic carbocycles. The fourth-order valence-electron chi connectivity index (χ4n) is 5.83. The number of nitrogens with one attached hydrogen (secondary N) is 2. The number of fused-ring (bicyclic) bond motifs is 1. The lowest BCUT2D eigenvalue weighted by Crippen LogP contribution is -2.24. The molecule has 7 nitrogen and oxygen atoms in total. The normalized spacial score (nSPS) is 12.7. The summed E-state index contributed by atoms with van der Waals surface area (Å²) < 4.78 is 42.7. The standard InChI is InChI=1S/C38H31BrF2N4O3S/c1-4-5-6-15-38(2,24-9-7-8-23(17-24)10-13-35(46)47-3)32-21-43-37(44-32)28-18-25(11-12-29(28)40)48-36-27(19-34-45-33(39)22-49-34)26-14-16-42-31(26)20-30(36)41/h1,7-14,16-18,20-22,42H,5-6,15,19H2,2-3H3,(H,43,44)/b13-10+. The third-order valence-electron chi connectivity index (χ3n) is 8.44. The highest BCUT2D eigenvalue weighted by atomic mass is 79.9. The van der Waals surface area contributed by atoms with Crippen LogP contribution in [0.25, 0.3) is 28.4 Å². The van der Waals surface area contributed by atoms with E-state index in [0.717, 1.165) is 33.6 Å². The number of unbranched alkanes of at least 4 members (excludes halogenated alkanes) is 1. The number of terminal acetylenes is 1. The van der Waals surface area contributed by atoms with Gasteiger partial charge in [-0.3, -0.25) is 0 Å². The predicted molar refractivity (Wildman–Crippen MR) is 192 cm³/mol. The number of thiazole rings is 1. The third-order valence-corrected chi connectivity index (χ3v) is 9.99. The van der Waals surface area contributed by atoms with Crippen molar-refractivity contribution in [2.45, 2.75) is 38.0 Å². The molecule has 248 valence electrons. The second-order valence-electron chi connectivity index (χ2n) is 11.6. The zero-order valence-corrected chi connectivity index (χ0v) is 29.1. The lowest BCUT2D eigenvalue weighted by Gasteiger charge is -2.29. The number of halogens is 3. The fraction of sp³-hybridized carbons (Fsp3) is 0.184. The first-order chi connectivity index (χ1) is 23.7. The number of hydrogen-bond acceptors (Lipinski definition) is 6. The summed E-state index contributed by atoms with van der Waals surface area (Å²) in [5, 5.41) is 3.45. The summed E-state index contributed by atoms with van der Waals surface area (Å²) in [6.45, 7) is 2.07. The van der Waals surface area contributed by atoms with Gasteiger partial charge in [-0.2, -0.15) is 0 Å². The van der Waals surface area contributed by atoms with Gasteiger partial charge in [-0.05, 0) is 77.2 Å². The minimum atomic E-state index is -0.587. The quantitative estimate of drug-likeness (QED) is 0.0564. The summed E-state index contributed by atoms with van der Waals surface area (Å²) in [5.74, 6) is 1.74. The number of aromatic amines is 2. The van der Waals surface area contributed by atoms with Crippen molar-refractivity contribution in [2.24, 2.45) is 0 Å². The van der Waals surface area contributed by atoms with E-state index in [2.05, 4.69) is 48.7 Å². The lowest BCUT2D eigenvalue weighted by atomic mass is 9.75. The predicted octanol–water partition coefficient (Wildman–Crippen LogP) is 9.73. The van der Waals surface area contributed by atoms with Crippen LogP contribution < -0.4 is 4.74 Å². The molecule has 0 aliphatic heterocycles. The maximum atomic E-state index is 15.6. The van der Waals surface area contributed by atoms with Crippen LogP contribution in [0.5, 0.6) is 11.5 Å². The van der Waals surface area contributed by atoms with Gasteiger partial charge in [-0.15, -0.1) is 23.7 Å². The zero-order chi connectivity index (χ0) is 34.5. The number of esters is 1. The number of benzene rings is 3. The highest BCUT2D eigenvalue weighted by molar-refractivity contribution is 9.10. The Kier molecular flexibility index (Phi) is 10.1. The van der Waals surface area contributed by atoms with Crippen LogP contribution in [-0.2, 0) is 21.4 Å². The first kappa shape index (κ1) is 33.8. The van der Waals surface area contributed by atoms with Gasteiger partial charge in [0.05, 0.1) is 17.7 Å². The van der Waals surface area contributed by atoms with Gasteiger partial charge < -0.3 is 19.4 Å². The second kappa shape index (κ2) is 14.6. The number of ether oxygens (including phenoxy) is 2. The first-order valence-electron chi connectivity index (χ1n) is 15.4. The average molecular weight is 742 g/mol. The molecule has 1 unspecified atom stereocenters. The Morgan fingerprint density at radius 2 is 2.02 bits per heavy atom. The van der Waals surface area contributed by atoms with E-state index in [-0.39, 0.29) is 22.9 Å². The smallest absolute Gasteiger partial charge is 0.330 e. The van der Waals surface area contributed by atoms with Gasteiger partial charge in [0, 0.05) is 70.3 Å². The van der Waals surface area contributed by atoms with Gasteiger partial charge in [-0.1, -0.05) is 24.3 Å². The van der Waals surface area contributed by atoms with Crippen LogP contribution in [0, 0.1) is 24.0 Å². The number of methoxy groups -OCH3 is 1. The number of hydrogen-bond donors (Lipinski definition) is 2. The van der Waals surface area contributed by atoms with E-state index in [1.807, 2.05) is 35.7 Å². The Bertz CT molecular complexity index is 2220. The fourth-order valence-corrected chi connectivity index (χ4v) is 7.11. The van der Waals surface area contributed by atoms with E-state index in [1.165, 1.54) is 48.8 Å². The molecule has 6 rings (SSSR count). The largest absolute Gasteiger partial charge is 0.466 e. The van der Waals surface area contributed by atoms with Gasteiger partial charge in [-0.25, -0.2) is 23.5 Å². The van der Waals surface area contributed by atoms with Crippen molar-refractivity contribution in [1.29, 1.82) is 0 Å². The van der Waals surface area contributed by atoms with Gasteiger partial charge >= 0.3 is 5.97 Å². The summed E-state index contributed by atoms with van der Waals surface area (Å²) in [6, 6.07) is 15.3. The number of H-pyrrole nitrogens is 2. The van der Waals surface area contributed by atoms with E-state index in [1.54, 1.807) is 18.5 Å². The Labute approximate surface area is 294 Å². The lowest BCUT2D eigenvalue weighted by molar-refractivity contribution is -0.134. The number of nitrogens with zero attached hydrogens (tertiary/aromatic N) is 2. The summed E-state index contributed by atoms with van der Waals surface area (Å²) >= 11 is 4.84. The molecule has 0 saturated carbocycles.